The highest BCUT2D eigenvalue weighted by molar-refractivity contribution is 9.10. The number of hydrogen-bond acceptors (Lipinski definition) is 9. The molecule has 212 valence electrons. The minimum Gasteiger partial charge on any atom is -0.491 e. The van der Waals surface area contributed by atoms with Gasteiger partial charge in [0.05, 0.1) is 37.9 Å². The molecule has 0 aliphatic carbocycles. The van der Waals surface area contributed by atoms with Gasteiger partial charge in [-0.05, 0) is 67.4 Å². The van der Waals surface area contributed by atoms with Crippen LogP contribution in [0.5, 0.6) is 11.5 Å². The van der Waals surface area contributed by atoms with Crippen LogP contribution in [-0.4, -0.2) is 34.8 Å². The number of nitro benzene ring substituents is 1. The van der Waals surface area contributed by atoms with Gasteiger partial charge in [0.2, 0.25) is 5.75 Å². The first-order valence-electron chi connectivity index (χ1n) is 12.6. The highest BCUT2D eigenvalue weighted by atomic mass is 79.9. The third-order valence-electron chi connectivity index (χ3n) is 5.93. The number of allylic oxidation sites excluding steroid dienone is 1. The molecule has 0 radical (unpaired) electrons. The van der Waals surface area contributed by atoms with Crippen LogP contribution in [-0.2, 0) is 9.53 Å². The summed E-state index contributed by atoms with van der Waals surface area (Å²) in [6, 6.07) is 9.21. The van der Waals surface area contributed by atoms with E-state index in [0.717, 1.165) is 11.3 Å². The smallest absolute Gasteiger partial charge is 0.338 e. The molecule has 2 aromatic carbocycles. The van der Waals surface area contributed by atoms with E-state index in [1.165, 1.54) is 16.7 Å². The van der Waals surface area contributed by atoms with Gasteiger partial charge >= 0.3 is 11.7 Å². The van der Waals surface area contributed by atoms with E-state index in [2.05, 4.69) is 26.8 Å². The lowest BCUT2D eigenvalue weighted by Crippen LogP contribution is -2.40. The molecule has 0 amide bonds. The third kappa shape index (κ3) is 6.11. The number of nitro groups is 1. The number of thiazole rings is 1. The quantitative estimate of drug-likeness (QED) is 0.148. The fraction of sp³-hybridized carbons (Fsp3) is 0.276. The first-order chi connectivity index (χ1) is 19.6. The highest BCUT2D eigenvalue weighted by Gasteiger charge is 2.35. The molecule has 2 heterocycles. The van der Waals surface area contributed by atoms with Crippen LogP contribution in [0.2, 0.25) is 0 Å². The van der Waals surface area contributed by atoms with Gasteiger partial charge in [-0.25, -0.2) is 9.79 Å². The van der Waals surface area contributed by atoms with Crippen molar-refractivity contribution in [3.63, 3.8) is 0 Å². The van der Waals surface area contributed by atoms with Crippen molar-refractivity contribution in [2.75, 3.05) is 13.2 Å². The van der Waals surface area contributed by atoms with Gasteiger partial charge in [-0.1, -0.05) is 35.5 Å². The van der Waals surface area contributed by atoms with E-state index < -0.39 is 22.5 Å². The molecular formula is C29H26BrN3O7S. The lowest BCUT2D eigenvalue weighted by atomic mass is 9.95. The summed E-state index contributed by atoms with van der Waals surface area (Å²) >= 11 is 4.41. The predicted molar refractivity (Wildman–Crippen MR) is 158 cm³/mol. The number of ether oxygens (including phenoxy) is 3. The second-order valence-corrected chi connectivity index (χ2v) is 11.0. The van der Waals surface area contributed by atoms with Crippen LogP contribution >= 0.6 is 27.3 Å². The third-order valence-corrected chi connectivity index (χ3v) is 7.51. The lowest BCUT2D eigenvalue weighted by molar-refractivity contribution is -0.385. The Morgan fingerprint density at radius 2 is 2.07 bits per heavy atom. The molecule has 10 nitrogen and oxygen atoms in total. The van der Waals surface area contributed by atoms with Crippen LogP contribution < -0.4 is 24.4 Å². The van der Waals surface area contributed by atoms with E-state index in [-0.39, 0.29) is 40.9 Å². The fourth-order valence-electron chi connectivity index (χ4n) is 4.38. The summed E-state index contributed by atoms with van der Waals surface area (Å²) in [5.74, 6) is 2.20. The summed E-state index contributed by atoms with van der Waals surface area (Å²) in [6.07, 6.45) is 6.61. The van der Waals surface area contributed by atoms with E-state index >= 15 is 0 Å². The summed E-state index contributed by atoms with van der Waals surface area (Å²) in [5, 5.41) is 11.8. The molecule has 0 spiro atoms. The lowest BCUT2D eigenvalue weighted by Gasteiger charge is -2.26. The van der Waals surface area contributed by atoms with Gasteiger partial charge < -0.3 is 14.2 Å². The van der Waals surface area contributed by atoms with Crippen molar-refractivity contribution in [2.45, 2.75) is 39.8 Å². The average Bonchev–Trinajstić information content (AvgIpc) is 3.21. The summed E-state index contributed by atoms with van der Waals surface area (Å²) in [6.45, 7) is 7.16. The molecule has 1 aromatic heterocycles. The Bertz CT molecular complexity index is 1780. The standard InChI is InChI=1S/C29H26BrN3O7S/c1-6-12-39-26-20(30)13-18(14-21(26)33(36)37)15-23-27(34)32-25(19-10-8-9-11-22(19)40-16(3)4)24(28(35)38-7-2)17(5)31-29(32)41-23/h1,8-11,13-16,25H,7,12H2,2-5H3/b23-15-/t25-/m0/s1. The Morgan fingerprint density at radius 1 is 1.34 bits per heavy atom. The van der Waals surface area contributed by atoms with Gasteiger partial charge in [0.1, 0.15) is 18.4 Å². The highest BCUT2D eigenvalue weighted by Crippen LogP contribution is 2.38. The van der Waals surface area contributed by atoms with Gasteiger partial charge in [0.25, 0.3) is 5.56 Å². The van der Waals surface area contributed by atoms with E-state index in [1.54, 1.807) is 38.1 Å². The Morgan fingerprint density at radius 3 is 2.73 bits per heavy atom. The second kappa shape index (κ2) is 12.5. The van der Waals surface area contributed by atoms with E-state index in [1.807, 2.05) is 19.9 Å². The van der Waals surface area contributed by atoms with Gasteiger partial charge in [0, 0.05) is 11.6 Å². The van der Waals surface area contributed by atoms with Crippen molar-refractivity contribution < 1.29 is 23.9 Å². The Balaban J connectivity index is 1.96. The SMILES string of the molecule is C#CCOc1c(Br)cc(/C=c2\sc3n(c2=O)[C@@H](c2ccccc2OC(C)C)C(C(=O)OCC)=C(C)N=3)cc1[N+](=O)[O-]. The zero-order valence-corrected chi connectivity index (χ0v) is 25.1. The fourth-order valence-corrected chi connectivity index (χ4v) is 6.01. The number of nitrogens with zero attached hydrogens (tertiary/aromatic N) is 3. The molecule has 0 bridgehead atoms. The van der Waals surface area contributed by atoms with Crippen molar-refractivity contribution in [1.29, 1.82) is 0 Å². The van der Waals surface area contributed by atoms with Crippen LogP contribution in [0.1, 0.15) is 44.9 Å². The van der Waals surface area contributed by atoms with Crippen molar-refractivity contribution >= 4 is 45.0 Å². The molecule has 1 aliphatic heterocycles. The number of aromatic nitrogens is 1. The number of fused-ring (bicyclic) bond motifs is 1. The van der Waals surface area contributed by atoms with Gasteiger partial charge in [0.15, 0.2) is 4.80 Å². The summed E-state index contributed by atoms with van der Waals surface area (Å²) in [4.78, 5) is 43.3. The number of terminal acetylenes is 1. The topological polar surface area (TPSA) is 122 Å². The number of halogens is 1. The average molecular weight is 641 g/mol. The molecular weight excluding hydrogens is 614 g/mol. The molecule has 0 N–H and O–H groups in total. The number of hydrogen-bond donors (Lipinski definition) is 0. The maximum Gasteiger partial charge on any atom is 0.338 e. The molecule has 1 aliphatic rings. The first kappa shape index (κ1) is 29.8. The van der Waals surface area contributed by atoms with Crippen LogP contribution in [0.15, 0.2) is 61.9 Å². The summed E-state index contributed by atoms with van der Waals surface area (Å²) < 4.78 is 18.8. The van der Waals surface area contributed by atoms with E-state index in [0.29, 0.717) is 31.8 Å². The maximum absolute atomic E-state index is 14.0. The summed E-state index contributed by atoms with van der Waals surface area (Å²) in [5.41, 5.74) is 0.862. The molecule has 0 fully saturated rings. The summed E-state index contributed by atoms with van der Waals surface area (Å²) in [7, 11) is 0. The molecule has 0 unspecified atom stereocenters. The Kier molecular flexibility index (Phi) is 9.10. The van der Waals surface area contributed by atoms with Crippen LogP contribution in [0.4, 0.5) is 5.69 Å². The predicted octanol–water partition coefficient (Wildman–Crippen LogP) is 4.27. The van der Waals surface area contributed by atoms with Crippen LogP contribution in [0.3, 0.4) is 0 Å². The number of carbonyl (C=O) groups is 1. The minimum absolute atomic E-state index is 0.0111. The molecule has 1 atom stereocenters. The molecule has 12 heteroatoms. The van der Waals surface area contributed by atoms with Crippen molar-refractivity contribution in [3.05, 3.63) is 93.1 Å². The number of carbonyl (C=O) groups excluding carboxylic acids is 1. The monoisotopic (exact) mass is 639 g/mol. The second-order valence-electron chi connectivity index (χ2n) is 9.11. The largest absolute Gasteiger partial charge is 0.491 e. The number of rotatable bonds is 9. The van der Waals surface area contributed by atoms with E-state index in [4.69, 9.17) is 20.6 Å². The van der Waals surface area contributed by atoms with Crippen molar-refractivity contribution in [1.82, 2.24) is 4.57 Å². The number of para-hydroxylation sites is 1. The van der Waals surface area contributed by atoms with Crippen molar-refractivity contribution in [3.8, 4) is 23.8 Å². The zero-order chi connectivity index (χ0) is 29.8. The zero-order valence-electron chi connectivity index (χ0n) is 22.7. The van der Waals surface area contributed by atoms with Gasteiger partial charge in [-0.3, -0.25) is 19.5 Å². The van der Waals surface area contributed by atoms with Crippen LogP contribution in [0, 0.1) is 22.5 Å². The molecule has 41 heavy (non-hydrogen) atoms. The first-order valence-corrected chi connectivity index (χ1v) is 14.2. The van der Waals surface area contributed by atoms with Crippen LogP contribution in [0.25, 0.3) is 6.08 Å². The van der Waals surface area contributed by atoms with Gasteiger partial charge in [-0.15, -0.1) is 6.42 Å². The number of benzene rings is 2. The maximum atomic E-state index is 14.0. The normalized spacial score (nSPS) is 14.8. The van der Waals surface area contributed by atoms with Crippen molar-refractivity contribution in [2.24, 2.45) is 4.99 Å². The number of esters is 1. The molecule has 4 rings (SSSR count). The molecule has 0 saturated heterocycles. The Labute approximate surface area is 247 Å². The minimum atomic E-state index is -0.872. The molecule has 3 aromatic rings. The van der Waals surface area contributed by atoms with E-state index in [9.17, 15) is 19.7 Å². The van der Waals surface area contributed by atoms with Gasteiger partial charge in [-0.2, -0.15) is 0 Å². The Hall–Kier alpha value is -4.21. The molecule has 0 saturated carbocycles.